The summed E-state index contributed by atoms with van der Waals surface area (Å²) in [6.45, 7) is 1.90. The highest BCUT2D eigenvalue weighted by Gasteiger charge is 2.11. The third-order valence-corrected chi connectivity index (χ3v) is 3.31. The molecule has 0 radical (unpaired) electrons. The second kappa shape index (κ2) is 5.40. The number of benzene rings is 2. The number of anilines is 2. The molecule has 0 spiro atoms. The van der Waals surface area contributed by atoms with Gasteiger partial charge >= 0.3 is 0 Å². The van der Waals surface area contributed by atoms with E-state index in [0.717, 1.165) is 5.56 Å². The highest BCUT2D eigenvalue weighted by molar-refractivity contribution is 9.10. The molecule has 5 heteroatoms. The van der Waals surface area contributed by atoms with Crippen molar-refractivity contribution in [3.05, 3.63) is 57.8 Å². The summed E-state index contributed by atoms with van der Waals surface area (Å²) in [5.41, 5.74) is 7.41. The van der Waals surface area contributed by atoms with Gasteiger partial charge in [0, 0.05) is 10.2 Å². The lowest BCUT2D eigenvalue weighted by molar-refractivity contribution is 0.102. The molecule has 98 valence electrons. The second-order valence-electron chi connectivity index (χ2n) is 4.17. The Labute approximate surface area is 118 Å². The van der Waals surface area contributed by atoms with Crippen LogP contribution in [0.1, 0.15) is 15.9 Å². The van der Waals surface area contributed by atoms with Gasteiger partial charge in [0.1, 0.15) is 5.82 Å². The van der Waals surface area contributed by atoms with Crippen molar-refractivity contribution >= 4 is 33.2 Å². The van der Waals surface area contributed by atoms with Crippen LogP contribution < -0.4 is 11.1 Å². The minimum atomic E-state index is -0.505. The summed E-state index contributed by atoms with van der Waals surface area (Å²) < 4.78 is 13.7. The summed E-state index contributed by atoms with van der Waals surface area (Å²) in [4.78, 5) is 12.1. The molecule has 19 heavy (non-hydrogen) atoms. The molecule has 3 nitrogen and oxygen atoms in total. The Bertz CT molecular complexity index is 643. The average Bonchev–Trinajstić information content (AvgIpc) is 2.36. The van der Waals surface area contributed by atoms with Gasteiger partial charge in [-0.1, -0.05) is 11.6 Å². The molecular formula is C14H12BrFN2O. The standard InChI is InChI=1S/C14H12BrFN2O/c1-8-2-4-11(15)10(6-8)14(19)18-9-3-5-12(16)13(17)7-9/h2-7H,17H2,1H3,(H,18,19). The number of nitrogens with one attached hydrogen (secondary N) is 1. The molecule has 2 rings (SSSR count). The van der Waals surface area contributed by atoms with E-state index in [4.69, 9.17) is 5.73 Å². The van der Waals surface area contributed by atoms with Crippen LogP contribution in [0.25, 0.3) is 0 Å². The Morgan fingerprint density at radius 2 is 2.00 bits per heavy atom. The quantitative estimate of drug-likeness (QED) is 0.828. The lowest BCUT2D eigenvalue weighted by Crippen LogP contribution is -2.13. The van der Waals surface area contributed by atoms with E-state index in [9.17, 15) is 9.18 Å². The number of carbonyl (C=O) groups is 1. The van der Waals surface area contributed by atoms with E-state index in [1.165, 1.54) is 18.2 Å². The Morgan fingerprint density at radius 3 is 2.68 bits per heavy atom. The number of nitrogens with two attached hydrogens (primary N) is 1. The van der Waals surface area contributed by atoms with Crippen molar-refractivity contribution < 1.29 is 9.18 Å². The van der Waals surface area contributed by atoms with Crippen LogP contribution in [-0.2, 0) is 0 Å². The third-order valence-electron chi connectivity index (χ3n) is 2.62. The van der Waals surface area contributed by atoms with Crippen molar-refractivity contribution in [1.82, 2.24) is 0 Å². The van der Waals surface area contributed by atoms with Gasteiger partial charge in [-0.05, 0) is 53.2 Å². The summed E-state index contributed by atoms with van der Waals surface area (Å²) in [5, 5.41) is 2.68. The smallest absolute Gasteiger partial charge is 0.256 e. The minimum absolute atomic E-state index is 0.00103. The van der Waals surface area contributed by atoms with E-state index in [-0.39, 0.29) is 11.6 Å². The molecule has 0 aliphatic rings. The van der Waals surface area contributed by atoms with Gasteiger partial charge in [-0.15, -0.1) is 0 Å². The number of hydrogen-bond donors (Lipinski definition) is 2. The van der Waals surface area contributed by atoms with Crippen LogP contribution in [0, 0.1) is 12.7 Å². The average molecular weight is 323 g/mol. The first-order valence-electron chi connectivity index (χ1n) is 5.60. The zero-order chi connectivity index (χ0) is 14.0. The fraction of sp³-hybridized carbons (Fsp3) is 0.0714. The zero-order valence-electron chi connectivity index (χ0n) is 10.2. The second-order valence-corrected chi connectivity index (χ2v) is 5.03. The molecule has 0 aromatic heterocycles. The Kier molecular flexibility index (Phi) is 3.85. The molecule has 3 N–H and O–H groups in total. The van der Waals surface area contributed by atoms with Crippen molar-refractivity contribution in [1.29, 1.82) is 0 Å². The first kappa shape index (κ1) is 13.5. The monoisotopic (exact) mass is 322 g/mol. The van der Waals surface area contributed by atoms with Gasteiger partial charge in [0.15, 0.2) is 0 Å². The molecule has 0 unspecified atom stereocenters. The largest absolute Gasteiger partial charge is 0.396 e. The number of amides is 1. The minimum Gasteiger partial charge on any atom is -0.396 e. The molecule has 0 saturated heterocycles. The first-order valence-corrected chi connectivity index (χ1v) is 6.39. The van der Waals surface area contributed by atoms with Crippen LogP contribution >= 0.6 is 15.9 Å². The van der Waals surface area contributed by atoms with Crippen LogP contribution in [0.5, 0.6) is 0 Å². The number of carbonyl (C=O) groups excluding carboxylic acids is 1. The van der Waals surface area contributed by atoms with Crippen molar-refractivity contribution in [3.63, 3.8) is 0 Å². The van der Waals surface area contributed by atoms with Crippen molar-refractivity contribution in [2.24, 2.45) is 0 Å². The fourth-order valence-corrected chi connectivity index (χ4v) is 2.06. The van der Waals surface area contributed by atoms with Gasteiger partial charge in [-0.2, -0.15) is 0 Å². The van der Waals surface area contributed by atoms with Crippen molar-refractivity contribution in [3.8, 4) is 0 Å². The summed E-state index contributed by atoms with van der Waals surface area (Å²) in [6, 6.07) is 9.55. The highest BCUT2D eigenvalue weighted by Crippen LogP contribution is 2.21. The summed E-state index contributed by atoms with van der Waals surface area (Å²) in [5.74, 6) is -0.781. The number of halogens is 2. The molecule has 2 aromatic carbocycles. The SMILES string of the molecule is Cc1ccc(Br)c(C(=O)Nc2ccc(F)c(N)c2)c1. The lowest BCUT2D eigenvalue weighted by atomic mass is 10.1. The molecule has 0 aliphatic carbocycles. The molecule has 0 aliphatic heterocycles. The molecule has 0 heterocycles. The van der Waals surface area contributed by atoms with Gasteiger partial charge in [-0.3, -0.25) is 4.79 Å². The van der Waals surface area contributed by atoms with Gasteiger partial charge < -0.3 is 11.1 Å². The number of hydrogen-bond acceptors (Lipinski definition) is 2. The van der Waals surface area contributed by atoms with Crippen molar-refractivity contribution in [2.75, 3.05) is 11.1 Å². The van der Waals surface area contributed by atoms with E-state index in [0.29, 0.717) is 15.7 Å². The van der Waals surface area contributed by atoms with Gasteiger partial charge in [0.2, 0.25) is 0 Å². The van der Waals surface area contributed by atoms with Gasteiger partial charge in [-0.25, -0.2) is 4.39 Å². The number of rotatable bonds is 2. The van der Waals surface area contributed by atoms with Crippen molar-refractivity contribution in [2.45, 2.75) is 6.92 Å². The molecular weight excluding hydrogens is 311 g/mol. The molecule has 0 atom stereocenters. The lowest BCUT2D eigenvalue weighted by Gasteiger charge is -2.08. The number of aryl methyl sites for hydroxylation is 1. The fourth-order valence-electron chi connectivity index (χ4n) is 1.63. The normalized spacial score (nSPS) is 10.3. The van der Waals surface area contributed by atoms with Crippen LogP contribution in [0.3, 0.4) is 0 Å². The Hall–Kier alpha value is -1.88. The van der Waals surface area contributed by atoms with E-state index in [1.807, 2.05) is 19.1 Å². The first-order chi connectivity index (χ1) is 8.97. The van der Waals surface area contributed by atoms with E-state index in [1.54, 1.807) is 6.07 Å². The van der Waals surface area contributed by atoms with E-state index >= 15 is 0 Å². The zero-order valence-corrected chi connectivity index (χ0v) is 11.8. The maximum Gasteiger partial charge on any atom is 0.256 e. The van der Waals surface area contributed by atoms with Crippen LogP contribution in [0.2, 0.25) is 0 Å². The van der Waals surface area contributed by atoms with Crippen LogP contribution in [0.15, 0.2) is 40.9 Å². The highest BCUT2D eigenvalue weighted by atomic mass is 79.9. The molecule has 0 bridgehead atoms. The third kappa shape index (κ3) is 3.12. The summed E-state index contributed by atoms with van der Waals surface area (Å²) in [6.07, 6.45) is 0. The summed E-state index contributed by atoms with van der Waals surface area (Å²) >= 11 is 3.32. The summed E-state index contributed by atoms with van der Waals surface area (Å²) in [7, 11) is 0. The maximum atomic E-state index is 13.0. The van der Waals surface area contributed by atoms with Crippen LogP contribution in [-0.4, -0.2) is 5.91 Å². The molecule has 2 aromatic rings. The molecule has 0 fully saturated rings. The van der Waals surface area contributed by atoms with Gasteiger partial charge in [0.25, 0.3) is 5.91 Å². The molecule has 1 amide bonds. The molecule has 0 saturated carbocycles. The van der Waals surface area contributed by atoms with E-state index < -0.39 is 5.82 Å². The van der Waals surface area contributed by atoms with Gasteiger partial charge in [0.05, 0.1) is 11.3 Å². The van der Waals surface area contributed by atoms with E-state index in [2.05, 4.69) is 21.2 Å². The predicted molar refractivity (Wildman–Crippen MR) is 77.6 cm³/mol. The number of nitrogen functional groups attached to an aromatic ring is 1. The Balaban J connectivity index is 2.25. The maximum absolute atomic E-state index is 13.0. The van der Waals surface area contributed by atoms with Crippen LogP contribution in [0.4, 0.5) is 15.8 Å². The topological polar surface area (TPSA) is 55.1 Å². The predicted octanol–water partition coefficient (Wildman–Crippen LogP) is 3.73. The Morgan fingerprint density at radius 1 is 1.26 bits per heavy atom.